The quantitative estimate of drug-likeness (QED) is 0.447. The smallest absolute Gasteiger partial charge is 0.262 e. The molecule has 32 heavy (non-hydrogen) atoms. The molecule has 0 fully saturated rings. The summed E-state index contributed by atoms with van der Waals surface area (Å²) in [6, 6.07) is 22.2. The Labute approximate surface area is 189 Å². The van der Waals surface area contributed by atoms with E-state index in [-0.39, 0.29) is 30.3 Å². The maximum atomic E-state index is 12.8. The lowest BCUT2D eigenvalue weighted by atomic mass is 9.92. The van der Waals surface area contributed by atoms with E-state index in [0.29, 0.717) is 17.0 Å². The molecule has 0 aliphatic heterocycles. The molecule has 0 saturated heterocycles. The van der Waals surface area contributed by atoms with Crippen molar-refractivity contribution in [2.45, 2.75) is 39.5 Å². The van der Waals surface area contributed by atoms with E-state index in [1.807, 2.05) is 48.5 Å². The van der Waals surface area contributed by atoms with Crippen LogP contribution in [0.3, 0.4) is 0 Å². The van der Waals surface area contributed by atoms with Gasteiger partial charge in [-0.1, -0.05) is 76.2 Å². The number of para-hydroxylation sites is 3. The Morgan fingerprint density at radius 3 is 1.97 bits per heavy atom. The van der Waals surface area contributed by atoms with Gasteiger partial charge in [-0.2, -0.15) is 0 Å². The number of anilines is 2. The average Bonchev–Trinajstić information content (AvgIpc) is 2.78. The summed E-state index contributed by atoms with van der Waals surface area (Å²) in [4.78, 5) is 25.5. The third-order valence-electron chi connectivity index (χ3n) is 5.16. The van der Waals surface area contributed by atoms with Gasteiger partial charge in [0, 0.05) is 11.4 Å². The summed E-state index contributed by atoms with van der Waals surface area (Å²) in [6.07, 6.45) is 0. The van der Waals surface area contributed by atoms with Gasteiger partial charge < -0.3 is 15.4 Å². The van der Waals surface area contributed by atoms with E-state index in [1.54, 1.807) is 24.3 Å². The van der Waals surface area contributed by atoms with Crippen molar-refractivity contribution in [3.05, 3.63) is 89.5 Å². The molecule has 0 saturated carbocycles. The highest BCUT2D eigenvalue weighted by Gasteiger charge is 2.17. The molecule has 0 bridgehead atoms. The van der Waals surface area contributed by atoms with Gasteiger partial charge in [0.1, 0.15) is 5.75 Å². The van der Waals surface area contributed by atoms with Crippen LogP contribution in [0.15, 0.2) is 72.8 Å². The number of ether oxygens (including phenoxy) is 1. The Hall–Kier alpha value is -3.60. The van der Waals surface area contributed by atoms with Crippen LogP contribution in [-0.2, 0) is 4.79 Å². The van der Waals surface area contributed by atoms with Crippen molar-refractivity contribution in [3.8, 4) is 5.75 Å². The van der Waals surface area contributed by atoms with Crippen molar-refractivity contribution in [1.82, 2.24) is 0 Å². The first-order valence-corrected chi connectivity index (χ1v) is 10.9. The first-order chi connectivity index (χ1) is 15.4. The van der Waals surface area contributed by atoms with Crippen molar-refractivity contribution in [2.24, 2.45) is 0 Å². The highest BCUT2D eigenvalue weighted by Crippen LogP contribution is 2.32. The molecule has 5 heteroatoms. The molecule has 0 aromatic heterocycles. The second-order valence-corrected chi connectivity index (χ2v) is 8.27. The lowest BCUT2D eigenvalue weighted by Gasteiger charge is -2.20. The largest absolute Gasteiger partial charge is 0.483 e. The van der Waals surface area contributed by atoms with E-state index in [9.17, 15) is 9.59 Å². The lowest BCUT2D eigenvalue weighted by molar-refractivity contribution is -0.118. The minimum atomic E-state index is -0.292. The fourth-order valence-electron chi connectivity index (χ4n) is 3.51. The number of amides is 2. The Bertz CT molecular complexity index is 1050. The molecule has 3 aromatic carbocycles. The molecule has 2 N–H and O–H groups in total. The van der Waals surface area contributed by atoms with Crippen molar-refractivity contribution in [2.75, 3.05) is 17.2 Å². The minimum Gasteiger partial charge on any atom is -0.483 e. The van der Waals surface area contributed by atoms with Crippen LogP contribution in [-0.4, -0.2) is 18.4 Å². The Morgan fingerprint density at radius 2 is 1.34 bits per heavy atom. The van der Waals surface area contributed by atoms with Crippen LogP contribution in [0.2, 0.25) is 0 Å². The van der Waals surface area contributed by atoms with E-state index in [2.05, 4.69) is 38.3 Å². The third kappa shape index (κ3) is 5.76. The van der Waals surface area contributed by atoms with Gasteiger partial charge >= 0.3 is 0 Å². The molecule has 0 aliphatic rings. The summed E-state index contributed by atoms with van der Waals surface area (Å²) in [5, 5.41) is 5.88. The predicted molar refractivity (Wildman–Crippen MR) is 130 cm³/mol. The molecule has 0 spiro atoms. The number of hydrogen-bond acceptors (Lipinski definition) is 3. The molecule has 3 aromatic rings. The van der Waals surface area contributed by atoms with Crippen LogP contribution in [0.1, 0.15) is 61.0 Å². The molecule has 3 rings (SSSR count). The minimum absolute atomic E-state index is 0.195. The zero-order valence-electron chi connectivity index (χ0n) is 19.0. The lowest BCUT2D eigenvalue weighted by Crippen LogP contribution is -2.23. The highest BCUT2D eigenvalue weighted by molar-refractivity contribution is 6.06. The van der Waals surface area contributed by atoms with E-state index in [0.717, 1.165) is 16.8 Å². The summed E-state index contributed by atoms with van der Waals surface area (Å²) in [7, 11) is 0. The van der Waals surface area contributed by atoms with E-state index in [1.165, 1.54) is 0 Å². The third-order valence-corrected chi connectivity index (χ3v) is 5.16. The fourth-order valence-corrected chi connectivity index (χ4v) is 3.51. The number of hydrogen-bond donors (Lipinski definition) is 2. The Morgan fingerprint density at radius 1 is 0.750 bits per heavy atom. The number of nitrogens with one attached hydrogen (secondary N) is 2. The van der Waals surface area contributed by atoms with Gasteiger partial charge in [0.2, 0.25) is 0 Å². The molecule has 2 amide bonds. The van der Waals surface area contributed by atoms with Crippen LogP contribution in [0, 0.1) is 0 Å². The summed E-state index contributed by atoms with van der Waals surface area (Å²) < 4.78 is 5.76. The van der Waals surface area contributed by atoms with Gasteiger partial charge in [0.25, 0.3) is 11.8 Å². The van der Waals surface area contributed by atoms with Crippen LogP contribution < -0.4 is 15.4 Å². The molecule has 0 heterocycles. The summed E-state index contributed by atoms with van der Waals surface area (Å²) in [5.74, 6) is 0.342. The van der Waals surface area contributed by atoms with E-state index in [4.69, 9.17) is 4.74 Å². The van der Waals surface area contributed by atoms with Crippen molar-refractivity contribution >= 4 is 23.2 Å². The molecule has 0 aliphatic carbocycles. The zero-order chi connectivity index (χ0) is 23.1. The fraction of sp³-hybridized carbons (Fsp3) is 0.259. The average molecular weight is 431 g/mol. The van der Waals surface area contributed by atoms with E-state index >= 15 is 0 Å². The van der Waals surface area contributed by atoms with Gasteiger partial charge in [-0.05, 0) is 47.2 Å². The second-order valence-electron chi connectivity index (χ2n) is 8.27. The molecule has 0 atom stereocenters. The highest BCUT2D eigenvalue weighted by atomic mass is 16.5. The second kappa shape index (κ2) is 10.6. The van der Waals surface area contributed by atoms with Gasteiger partial charge in [-0.25, -0.2) is 0 Å². The van der Waals surface area contributed by atoms with Crippen LogP contribution in [0.5, 0.6) is 5.75 Å². The maximum Gasteiger partial charge on any atom is 0.262 e. The number of benzene rings is 3. The van der Waals surface area contributed by atoms with Gasteiger partial charge in [-0.3, -0.25) is 9.59 Å². The summed E-state index contributed by atoms with van der Waals surface area (Å²) in [5.41, 5.74) is 4.09. The standard InChI is InChI=1S/C27H30N2O3/c1-18(2)21-14-10-15-22(19(3)4)26(21)29-25(30)17-32-24-16-9-8-13-23(24)27(31)28-20-11-6-5-7-12-20/h5-16,18-19H,17H2,1-4H3,(H,28,31)(H,29,30). The van der Waals surface area contributed by atoms with Crippen LogP contribution in [0.25, 0.3) is 0 Å². The zero-order valence-corrected chi connectivity index (χ0v) is 19.0. The summed E-state index contributed by atoms with van der Waals surface area (Å²) in [6.45, 7) is 8.22. The van der Waals surface area contributed by atoms with Crippen molar-refractivity contribution in [1.29, 1.82) is 0 Å². The number of rotatable bonds is 8. The predicted octanol–water partition coefficient (Wildman–Crippen LogP) is 6.20. The van der Waals surface area contributed by atoms with Crippen LogP contribution >= 0.6 is 0 Å². The SMILES string of the molecule is CC(C)c1cccc(C(C)C)c1NC(=O)COc1ccccc1C(=O)Nc1ccccc1. The monoisotopic (exact) mass is 430 g/mol. The molecular weight excluding hydrogens is 400 g/mol. The topological polar surface area (TPSA) is 67.4 Å². The Kier molecular flexibility index (Phi) is 7.66. The first-order valence-electron chi connectivity index (χ1n) is 10.9. The Balaban J connectivity index is 1.72. The summed E-state index contributed by atoms with van der Waals surface area (Å²) >= 11 is 0. The normalized spacial score (nSPS) is 10.8. The van der Waals surface area contributed by atoms with Gasteiger partial charge in [-0.15, -0.1) is 0 Å². The maximum absolute atomic E-state index is 12.8. The number of carbonyl (C=O) groups is 2. The van der Waals surface area contributed by atoms with Crippen LogP contribution in [0.4, 0.5) is 11.4 Å². The van der Waals surface area contributed by atoms with E-state index < -0.39 is 0 Å². The first kappa shape index (κ1) is 23.1. The molecule has 0 unspecified atom stereocenters. The molecule has 166 valence electrons. The van der Waals surface area contributed by atoms with Gasteiger partial charge in [0.15, 0.2) is 6.61 Å². The molecule has 0 radical (unpaired) electrons. The van der Waals surface area contributed by atoms with Crippen molar-refractivity contribution in [3.63, 3.8) is 0 Å². The molecule has 5 nitrogen and oxygen atoms in total. The number of carbonyl (C=O) groups excluding carboxylic acids is 2. The molecular formula is C27H30N2O3. The van der Waals surface area contributed by atoms with Crippen molar-refractivity contribution < 1.29 is 14.3 Å². The van der Waals surface area contributed by atoms with Gasteiger partial charge in [0.05, 0.1) is 5.56 Å².